The monoisotopic (exact) mass is 236 g/mol. The van der Waals surface area contributed by atoms with Crippen LogP contribution in [0.25, 0.3) is 0 Å². The Bertz CT molecular complexity index is 388. The van der Waals surface area contributed by atoms with E-state index in [9.17, 15) is 9.59 Å². The molecule has 6 nitrogen and oxygen atoms in total. The standard InChI is InChI=1S/C11H16N4O2/c16-10(13-9-5-6-12-14-9)8-15-7-3-1-2-4-11(15)17/h5-6H,1-4,7-8H2,(H2,12,13,14,16). The molecular weight excluding hydrogens is 220 g/mol. The zero-order chi connectivity index (χ0) is 12.1. The number of aromatic amines is 1. The van der Waals surface area contributed by atoms with Gasteiger partial charge in [-0.15, -0.1) is 0 Å². The van der Waals surface area contributed by atoms with Gasteiger partial charge < -0.3 is 10.2 Å². The number of hydrogen-bond acceptors (Lipinski definition) is 3. The van der Waals surface area contributed by atoms with Crippen LogP contribution >= 0.6 is 0 Å². The topological polar surface area (TPSA) is 78.1 Å². The molecule has 2 amide bonds. The predicted octanol–water partition coefficient (Wildman–Crippen LogP) is 0.751. The lowest BCUT2D eigenvalue weighted by atomic mass is 10.2. The zero-order valence-electron chi connectivity index (χ0n) is 9.61. The minimum Gasteiger partial charge on any atom is -0.333 e. The Hall–Kier alpha value is -1.85. The van der Waals surface area contributed by atoms with E-state index in [4.69, 9.17) is 0 Å². The summed E-state index contributed by atoms with van der Waals surface area (Å²) in [5.41, 5.74) is 0. The second-order valence-corrected chi connectivity index (χ2v) is 4.14. The number of H-pyrrole nitrogens is 1. The highest BCUT2D eigenvalue weighted by atomic mass is 16.2. The Morgan fingerprint density at radius 1 is 1.47 bits per heavy atom. The summed E-state index contributed by atoms with van der Waals surface area (Å²) in [5.74, 6) is 0.434. The van der Waals surface area contributed by atoms with E-state index in [-0.39, 0.29) is 18.4 Å². The van der Waals surface area contributed by atoms with Crippen LogP contribution in [0, 0.1) is 0 Å². The van der Waals surface area contributed by atoms with E-state index in [1.807, 2.05) is 0 Å². The molecule has 0 radical (unpaired) electrons. The van der Waals surface area contributed by atoms with Crippen molar-refractivity contribution in [2.24, 2.45) is 0 Å². The Kier molecular flexibility index (Phi) is 3.74. The number of anilines is 1. The van der Waals surface area contributed by atoms with Crippen LogP contribution in [-0.4, -0.2) is 40.0 Å². The molecule has 1 aliphatic rings. The normalized spacial score (nSPS) is 16.7. The van der Waals surface area contributed by atoms with E-state index in [0.29, 0.717) is 18.8 Å². The summed E-state index contributed by atoms with van der Waals surface area (Å²) in [6.07, 6.45) is 5.08. The van der Waals surface area contributed by atoms with Gasteiger partial charge in [0.1, 0.15) is 5.82 Å². The smallest absolute Gasteiger partial charge is 0.245 e. The lowest BCUT2D eigenvalue weighted by molar-refractivity contribution is -0.134. The Morgan fingerprint density at radius 2 is 2.35 bits per heavy atom. The van der Waals surface area contributed by atoms with Crippen molar-refractivity contribution >= 4 is 17.6 Å². The van der Waals surface area contributed by atoms with Crippen molar-refractivity contribution in [1.29, 1.82) is 0 Å². The molecule has 0 aromatic carbocycles. The van der Waals surface area contributed by atoms with Crippen LogP contribution in [0.4, 0.5) is 5.82 Å². The fraction of sp³-hybridized carbons (Fsp3) is 0.545. The van der Waals surface area contributed by atoms with Gasteiger partial charge in [0, 0.05) is 19.0 Å². The molecule has 0 bridgehead atoms. The Labute approximate surface area is 99.4 Å². The molecule has 0 saturated carbocycles. The summed E-state index contributed by atoms with van der Waals surface area (Å²) in [5, 5.41) is 9.03. The van der Waals surface area contributed by atoms with Crippen molar-refractivity contribution in [2.75, 3.05) is 18.4 Å². The summed E-state index contributed by atoms with van der Waals surface area (Å²) in [6, 6.07) is 1.67. The van der Waals surface area contributed by atoms with Gasteiger partial charge in [0.25, 0.3) is 0 Å². The number of amides is 2. The van der Waals surface area contributed by atoms with Gasteiger partial charge in [-0.05, 0) is 12.8 Å². The third kappa shape index (κ3) is 3.30. The average molecular weight is 236 g/mol. The van der Waals surface area contributed by atoms with Crippen LogP contribution in [0.2, 0.25) is 0 Å². The van der Waals surface area contributed by atoms with Gasteiger partial charge in [-0.1, -0.05) is 6.42 Å². The van der Waals surface area contributed by atoms with Crippen LogP contribution in [0.3, 0.4) is 0 Å². The average Bonchev–Trinajstić information content (AvgIpc) is 2.71. The Balaban J connectivity index is 1.86. The van der Waals surface area contributed by atoms with Crippen molar-refractivity contribution in [1.82, 2.24) is 15.1 Å². The van der Waals surface area contributed by atoms with Crippen molar-refractivity contribution in [3.8, 4) is 0 Å². The number of likely N-dealkylation sites (tertiary alicyclic amines) is 1. The molecule has 1 saturated heterocycles. The van der Waals surface area contributed by atoms with Gasteiger partial charge in [-0.2, -0.15) is 5.10 Å². The first-order valence-electron chi connectivity index (χ1n) is 5.83. The molecule has 6 heteroatoms. The summed E-state index contributed by atoms with van der Waals surface area (Å²) in [4.78, 5) is 25.0. The molecule has 92 valence electrons. The lowest BCUT2D eigenvalue weighted by Gasteiger charge is -2.19. The minimum atomic E-state index is -0.190. The highest BCUT2D eigenvalue weighted by Gasteiger charge is 2.19. The fourth-order valence-electron chi connectivity index (χ4n) is 1.89. The molecule has 0 aliphatic carbocycles. The second kappa shape index (κ2) is 5.47. The summed E-state index contributed by atoms with van der Waals surface area (Å²) in [6.45, 7) is 0.799. The quantitative estimate of drug-likeness (QED) is 0.813. The molecule has 17 heavy (non-hydrogen) atoms. The van der Waals surface area contributed by atoms with E-state index < -0.39 is 0 Å². The van der Waals surface area contributed by atoms with Crippen LogP contribution in [0.1, 0.15) is 25.7 Å². The van der Waals surface area contributed by atoms with E-state index >= 15 is 0 Å². The number of nitrogens with one attached hydrogen (secondary N) is 2. The molecule has 1 fully saturated rings. The van der Waals surface area contributed by atoms with Gasteiger partial charge in [0.2, 0.25) is 11.8 Å². The summed E-state index contributed by atoms with van der Waals surface area (Å²) in [7, 11) is 0. The molecule has 1 aromatic rings. The van der Waals surface area contributed by atoms with Gasteiger partial charge >= 0.3 is 0 Å². The third-order valence-electron chi connectivity index (χ3n) is 2.78. The fourth-order valence-corrected chi connectivity index (χ4v) is 1.89. The molecule has 2 heterocycles. The number of carbonyl (C=O) groups is 2. The Morgan fingerprint density at radius 3 is 3.12 bits per heavy atom. The number of carbonyl (C=O) groups excluding carboxylic acids is 2. The minimum absolute atomic E-state index is 0.0715. The lowest BCUT2D eigenvalue weighted by Crippen LogP contribution is -2.37. The maximum Gasteiger partial charge on any atom is 0.245 e. The van der Waals surface area contributed by atoms with Crippen LogP contribution in [0.5, 0.6) is 0 Å². The predicted molar refractivity (Wildman–Crippen MR) is 62.3 cm³/mol. The van der Waals surface area contributed by atoms with E-state index in [1.165, 1.54) is 0 Å². The molecule has 2 N–H and O–H groups in total. The SMILES string of the molecule is O=C(CN1CCCCCC1=O)Nc1ccn[nH]1. The largest absolute Gasteiger partial charge is 0.333 e. The highest BCUT2D eigenvalue weighted by molar-refractivity contribution is 5.93. The van der Waals surface area contributed by atoms with Crippen LogP contribution in [-0.2, 0) is 9.59 Å². The molecular formula is C11H16N4O2. The first-order chi connectivity index (χ1) is 8.25. The molecule has 2 rings (SSSR count). The van der Waals surface area contributed by atoms with Gasteiger partial charge in [-0.25, -0.2) is 0 Å². The first-order valence-corrected chi connectivity index (χ1v) is 5.83. The van der Waals surface area contributed by atoms with Crippen LogP contribution in [0.15, 0.2) is 12.3 Å². The highest BCUT2D eigenvalue weighted by Crippen LogP contribution is 2.11. The number of aromatic nitrogens is 2. The maximum atomic E-state index is 11.7. The van der Waals surface area contributed by atoms with E-state index in [0.717, 1.165) is 19.3 Å². The number of rotatable bonds is 3. The molecule has 0 atom stereocenters. The van der Waals surface area contributed by atoms with Crippen molar-refractivity contribution < 1.29 is 9.59 Å². The van der Waals surface area contributed by atoms with Crippen molar-refractivity contribution in [3.05, 3.63) is 12.3 Å². The van der Waals surface area contributed by atoms with Crippen LogP contribution < -0.4 is 5.32 Å². The third-order valence-corrected chi connectivity index (χ3v) is 2.78. The first kappa shape index (κ1) is 11.6. The van der Waals surface area contributed by atoms with Crippen molar-refractivity contribution in [3.63, 3.8) is 0 Å². The second-order valence-electron chi connectivity index (χ2n) is 4.14. The number of hydrogen-bond donors (Lipinski definition) is 2. The van der Waals surface area contributed by atoms with Crippen molar-refractivity contribution in [2.45, 2.75) is 25.7 Å². The zero-order valence-corrected chi connectivity index (χ0v) is 9.61. The molecule has 1 aromatic heterocycles. The van der Waals surface area contributed by atoms with Gasteiger partial charge in [-0.3, -0.25) is 14.7 Å². The van der Waals surface area contributed by atoms with Gasteiger partial charge in [0.15, 0.2) is 0 Å². The number of nitrogens with zero attached hydrogens (tertiary/aromatic N) is 2. The summed E-state index contributed by atoms with van der Waals surface area (Å²) < 4.78 is 0. The maximum absolute atomic E-state index is 11.7. The van der Waals surface area contributed by atoms with Gasteiger partial charge in [0.05, 0.1) is 12.7 Å². The van der Waals surface area contributed by atoms with E-state index in [2.05, 4.69) is 15.5 Å². The summed E-state index contributed by atoms with van der Waals surface area (Å²) >= 11 is 0. The molecule has 0 unspecified atom stereocenters. The molecule has 0 spiro atoms. The molecule has 1 aliphatic heterocycles. The van der Waals surface area contributed by atoms with E-state index in [1.54, 1.807) is 17.2 Å².